The van der Waals surface area contributed by atoms with Crippen molar-refractivity contribution in [3.63, 3.8) is 0 Å². The van der Waals surface area contributed by atoms with Gasteiger partial charge < -0.3 is 31.4 Å². The number of nitrogens with zero attached hydrogens (tertiary/aromatic N) is 1. The minimum Gasteiger partial charge on any atom is -0.481 e. The number of carbonyl (C=O) groups is 3. The molecule has 10 nitrogen and oxygen atoms in total. The van der Waals surface area contributed by atoms with Crippen LogP contribution in [0.15, 0.2) is 0 Å². The molecule has 7 N–H and O–H groups in total. The molecule has 0 unspecified atom stereocenters. The van der Waals surface area contributed by atoms with E-state index in [-0.39, 0.29) is 17.1 Å². The fourth-order valence-electron chi connectivity index (χ4n) is 3.06. The van der Waals surface area contributed by atoms with Crippen LogP contribution in [0.3, 0.4) is 0 Å². The van der Waals surface area contributed by atoms with E-state index in [1.807, 2.05) is 27.7 Å². The van der Waals surface area contributed by atoms with Crippen molar-refractivity contribution in [1.82, 2.24) is 5.06 Å². The number of nitrogens with two attached hydrogens (primary N) is 1. The molecule has 0 saturated carbocycles. The van der Waals surface area contributed by atoms with Crippen LogP contribution < -0.4 is 5.73 Å². The van der Waals surface area contributed by atoms with Crippen LogP contribution in [0.4, 0.5) is 0 Å². The first kappa shape index (κ1) is 23.2. The maximum absolute atomic E-state index is 10.3. The van der Waals surface area contributed by atoms with E-state index in [1.165, 1.54) is 5.06 Å². The summed E-state index contributed by atoms with van der Waals surface area (Å²) in [6, 6.07) is 0.207. The van der Waals surface area contributed by atoms with Crippen molar-refractivity contribution < 1.29 is 40.0 Å². The van der Waals surface area contributed by atoms with Crippen LogP contribution in [0.5, 0.6) is 0 Å². The minimum atomic E-state index is -2.74. The lowest BCUT2D eigenvalue weighted by atomic mass is 9.79. The van der Waals surface area contributed by atoms with Crippen molar-refractivity contribution in [3.8, 4) is 0 Å². The average Bonchev–Trinajstić information content (AvgIpc) is 2.33. The smallest absolute Gasteiger partial charge is 0.336 e. The Morgan fingerprint density at radius 3 is 1.56 bits per heavy atom. The molecule has 146 valence electrons. The Balaban J connectivity index is 0.000000462. The number of hydroxylamine groups is 2. The van der Waals surface area contributed by atoms with Gasteiger partial charge in [0.1, 0.15) is 0 Å². The summed E-state index contributed by atoms with van der Waals surface area (Å²) < 4.78 is 0. The molecule has 1 saturated heterocycles. The minimum absolute atomic E-state index is 0.193. The standard InChI is InChI=1S/C9H20N2O.C6H8O7/c1-8(2)5-7(10)6-9(3,4)11(8)12;7-3(8)1-6(13,5(11)12)2-4(9)10/h7,12H,5-6,10H2,1-4H3;13H,1-2H2,(H,7,8)(H,9,10)(H,11,12). The molecule has 1 rings (SSSR count). The summed E-state index contributed by atoms with van der Waals surface area (Å²) >= 11 is 0. The van der Waals surface area contributed by atoms with Crippen molar-refractivity contribution >= 4 is 17.9 Å². The van der Waals surface area contributed by atoms with Gasteiger partial charge in [-0.1, -0.05) is 0 Å². The average molecular weight is 364 g/mol. The van der Waals surface area contributed by atoms with Gasteiger partial charge in [-0.25, -0.2) is 4.79 Å². The number of carboxylic acids is 3. The number of rotatable bonds is 5. The molecule has 1 aliphatic rings. The Hall–Kier alpha value is -1.75. The summed E-state index contributed by atoms with van der Waals surface area (Å²) in [5.74, 6) is -5.02. The Bertz CT molecular complexity index is 484. The van der Waals surface area contributed by atoms with Crippen molar-refractivity contribution in [3.05, 3.63) is 0 Å². The molecule has 1 fully saturated rings. The van der Waals surface area contributed by atoms with E-state index in [0.717, 1.165) is 12.8 Å². The highest BCUT2D eigenvalue weighted by molar-refractivity contribution is 5.88. The maximum atomic E-state index is 10.3. The lowest BCUT2D eigenvalue weighted by Crippen LogP contribution is -2.61. The first-order chi connectivity index (χ1) is 11.0. The van der Waals surface area contributed by atoms with Gasteiger partial charge in [-0.2, -0.15) is 5.06 Å². The molecular weight excluding hydrogens is 336 g/mol. The van der Waals surface area contributed by atoms with Gasteiger partial charge >= 0.3 is 17.9 Å². The molecule has 0 aliphatic carbocycles. The predicted molar refractivity (Wildman–Crippen MR) is 86.1 cm³/mol. The molecule has 0 atom stereocenters. The molecule has 1 aliphatic heterocycles. The lowest BCUT2D eigenvalue weighted by Gasteiger charge is -2.50. The van der Waals surface area contributed by atoms with E-state index in [0.29, 0.717) is 0 Å². The van der Waals surface area contributed by atoms with Gasteiger partial charge in [-0.05, 0) is 40.5 Å². The van der Waals surface area contributed by atoms with Gasteiger partial charge in [-0.15, -0.1) is 0 Å². The van der Waals surface area contributed by atoms with Crippen LogP contribution in [-0.4, -0.2) is 71.3 Å². The second kappa shape index (κ2) is 8.09. The molecule has 1 heterocycles. The monoisotopic (exact) mass is 364 g/mol. The largest absolute Gasteiger partial charge is 0.481 e. The zero-order valence-electron chi connectivity index (χ0n) is 14.9. The molecule has 0 bridgehead atoms. The normalized spacial score (nSPS) is 20.3. The Kier molecular flexibility index (Phi) is 7.52. The van der Waals surface area contributed by atoms with Crippen LogP contribution in [0.25, 0.3) is 0 Å². The number of aliphatic hydroxyl groups is 1. The molecule has 0 radical (unpaired) electrons. The fourth-order valence-corrected chi connectivity index (χ4v) is 3.06. The molecule has 0 spiro atoms. The molecule has 0 aromatic rings. The van der Waals surface area contributed by atoms with Crippen molar-refractivity contribution in [1.29, 1.82) is 0 Å². The summed E-state index contributed by atoms with van der Waals surface area (Å²) in [6.07, 6.45) is -0.580. The number of hydrogen-bond donors (Lipinski definition) is 6. The predicted octanol–water partition coefficient (Wildman–Crippen LogP) is 0.107. The van der Waals surface area contributed by atoms with E-state index in [4.69, 9.17) is 26.2 Å². The highest BCUT2D eigenvalue weighted by Gasteiger charge is 2.43. The van der Waals surface area contributed by atoms with Crippen LogP contribution in [0, 0.1) is 0 Å². The van der Waals surface area contributed by atoms with Gasteiger partial charge in [0.25, 0.3) is 0 Å². The topological polar surface area (TPSA) is 182 Å². The van der Waals surface area contributed by atoms with Gasteiger partial charge in [0.15, 0.2) is 5.60 Å². The van der Waals surface area contributed by atoms with Gasteiger partial charge in [0.05, 0.1) is 12.8 Å². The SMILES string of the molecule is CC1(C)CC(N)CC(C)(C)N1O.O=C(O)CC(O)(CC(=O)O)C(=O)O. The van der Waals surface area contributed by atoms with E-state index < -0.39 is 36.4 Å². The summed E-state index contributed by atoms with van der Waals surface area (Å²) in [6.45, 7) is 8.09. The molecular formula is C15H28N2O8. The zero-order valence-corrected chi connectivity index (χ0v) is 14.9. The van der Waals surface area contributed by atoms with E-state index in [9.17, 15) is 19.6 Å². The van der Waals surface area contributed by atoms with Crippen molar-refractivity contribution in [2.75, 3.05) is 0 Å². The fraction of sp³-hybridized carbons (Fsp3) is 0.800. The third-order valence-electron chi connectivity index (χ3n) is 3.96. The van der Waals surface area contributed by atoms with Crippen LogP contribution in [0.1, 0.15) is 53.4 Å². The Labute approximate surface area is 145 Å². The molecule has 0 aromatic heterocycles. The number of aliphatic carboxylic acids is 3. The molecule has 0 amide bonds. The number of carboxylic acid groups (broad SMARTS) is 3. The van der Waals surface area contributed by atoms with E-state index >= 15 is 0 Å². The van der Waals surface area contributed by atoms with Crippen molar-refractivity contribution in [2.24, 2.45) is 5.73 Å². The number of piperidine rings is 1. The summed E-state index contributed by atoms with van der Waals surface area (Å²) in [7, 11) is 0. The first-order valence-corrected chi connectivity index (χ1v) is 7.68. The summed E-state index contributed by atoms with van der Waals surface area (Å²) in [5, 5.41) is 45.1. The van der Waals surface area contributed by atoms with E-state index in [2.05, 4.69) is 0 Å². The summed E-state index contributed by atoms with van der Waals surface area (Å²) in [4.78, 5) is 30.5. The van der Waals surface area contributed by atoms with Gasteiger partial charge in [0, 0.05) is 17.1 Å². The van der Waals surface area contributed by atoms with Gasteiger partial charge in [-0.3, -0.25) is 9.59 Å². The zero-order chi connectivity index (χ0) is 20.2. The quantitative estimate of drug-likeness (QED) is 0.391. The lowest BCUT2D eigenvalue weighted by molar-refractivity contribution is -0.244. The second-order valence-corrected chi connectivity index (χ2v) is 7.58. The third kappa shape index (κ3) is 6.94. The Morgan fingerprint density at radius 2 is 1.32 bits per heavy atom. The highest BCUT2D eigenvalue weighted by Crippen LogP contribution is 2.35. The molecule has 0 aromatic carbocycles. The first-order valence-electron chi connectivity index (χ1n) is 7.68. The maximum Gasteiger partial charge on any atom is 0.336 e. The molecule has 25 heavy (non-hydrogen) atoms. The van der Waals surface area contributed by atoms with Crippen LogP contribution in [-0.2, 0) is 14.4 Å². The highest BCUT2D eigenvalue weighted by atomic mass is 16.5. The third-order valence-corrected chi connectivity index (χ3v) is 3.96. The van der Waals surface area contributed by atoms with E-state index in [1.54, 1.807) is 0 Å². The summed E-state index contributed by atoms with van der Waals surface area (Å²) in [5.41, 5.74) is 2.79. The van der Waals surface area contributed by atoms with Crippen molar-refractivity contribution in [2.45, 2.75) is 76.1 Å². The van der Waals surface area contributed by atoms with Gasteiger partial charge in [0.2, 0.25) is 0 Å². The molecule has 10 heteroatoms. The number of hydrogen-bond acceptors (Lipinski definition) is 7. The van der Waals surface area contributed by atoms with Crippen LogP contribution in [0.2, 0.25) is 0 Å². The van der Waals surface area contributed by atoms with Crippen LogP contribution >= 0.6 is 0 Å². The Morgan fingerprint density at radius 1 is 1.00 bits per heavy atom. The second-order valence-electron chi connectivity index (χ2n) is 7.58.